The smallest absolute Gasteiger partial charge is 0.276 e. The van der Waals surface area contributed by atoms with Gasteiger partial charge in [0, 0.05) is 28.6 Å². The highest BCUT2D eigenvalue weighted by Crippen LogP contribution is 2.30. The number of carbonyl (C=O) groups is 1. The predicted molar refractivity (Wildman–Crippen MR) is 123 cm³/mol. The molecule has 7 heteroatoms. The van der Waals surface area contributed by atoms with E-state index in [9.17, 15) is 9.59 Å². The van der Waals surface area contributed by atoms with Gasteiger partial charge in [0.1, 0.15) is 5.69 Å². The predicted octanol–water partition coefficient (Wildman–Crippen LogP) is 3.81. The summed E-state index contributed by atoms with van der Waals surface area (Å²) in [5.41, 5.74) is 5.92. The molecule has 7 nitrogen and oxygen atoms in total. The Hall–Kier alpha value is -4.00. The molecule has 1 aliphatic carbocycles. The number of aromatic amines is 1. The van der Waals surface area contributed by atoms with Crippen molar-refractivity contribution in [1.82, 2.24) is 20.0 Å². The molecule has 0 radical (unpaired) electrons. The van der Waals surface area contributed by atoms with Crippen LogP contribution in [0.1, 0.15) is 40.2 Å². The van der Waals surface area contributed by atoms with E-state index in [0.717, 1.165) is 29.7 Å². The minimum atomic E-state index is -0.368. The van der Waals surface area contributed by atoms with Gasteiger partial charge in [-0.25, -0.2) is 4.68 Å². The molecular formula is C25H23N5O2. The first-order valence-electron chi connectivity index (χ1n) is 10.8. The molecule has 0 aliphatic heterocycles. The number of benzene rings is 2. The lowest BCUT2D eigenvalue weighted by molar-refractivity contribution is 0.102. The maximum atomic E-state index is 12.8. The number of anilines is 1. The van der Waals surface area contributed by atoms with Crippen molar-refractivity contribution in [3.63, 3.8) is 0 Å². The molecule has 2 aromatic heterocycles. The quantitative estimate of drug-likeness (QED) is 0.509. The Balaban J connectivity index is 1.37. The molecule has 0 saturated heterocycles. The van der Waals surface area contributed by atoms with Gasteiger partial charge in [-0.3, -0.25) is 14.7 Å². The fourth-order valence-corrected chi connectivity index (χ4v) is 4.10. The van der Waals surface area contributed by atoms with Crippen LogP contribution in [0.5, 0.6) is 0 Å². The number of hydrogen-bond donors (Lipinski definition) is 2. The Morgan fingerprint density at radius 1 is 1.00 bits per heavy atom. The second-order valence-electron chi connectivity index (χ2n) is 7.97. The first-order chi connectivity index (χ1) is 15.7. The van der Waals surface area contributed by atoms with Gasteiger partial charge in [0.15, 0.2) is 0 Å². The van der Waals surface area contributed by atoms with Gasteiger partial charge >= 0.3 is 0 Å². The summed E-state index contributed by atoms with van der Waals surface area (Å²) in [4.78, 5) is 25.1. The number of aryl methyl sites for hydroxylation is 1. The first kappa shape index (κ1) is 19.9. The fourth-order valence-electron chi connectivity index (χ4n) is 4.10. The summed E-state index contributed by atoms with van der Waals surface area (Å²) in [6.45, 7) is 0.306. The van der Waals surface area contributed by atoms with Gasteiger partial charge in [-0.2, -0.15) is 10.2 Å². The fraction of sp³-hybridized carbons (Fsp3) is 0.200. The topological polar surface area (TPSA) is 92.7 Å². The lowest BCUT2D eigenvalue weighted by Gasteiger charge is -2.12. The number of fused-ring (bicyclic) bond motifs is 1. The lowest BCUT2D eigenvalue weighted by Crippen LogP contribution is -2.26. The van der Waals surface area contributed by atoms with Gasteiger partial charge in [-0.15, -0.1) is 0 Å². The monoisotopic (exact) mass is 425 g/mol. The van der Waals surface area contributed by atoms with E-state index in [1.807, 2.05) is 54.6 Å². The normalized spacial score (nSPS) is 12.9. The summed E-state index contributed by atoms with van der Waals surface area (Å²) >= 11 is 0. The second-order valence-corrected chi connectivity index (χ2v) is 7.97. The second kappa shape index (κ2) is 8.63. The zero-order valence-electron chi connectivity index (χ0n) is 17.5. The highest BCUT2D eigenvalue weighted by Gasteiger charge is 2.18. The summed E-state index contributed by atoms with van der Waals surface area (Å²) in [5.74, 6) is -0.368. The van der Waals surface area contributed by atoms with Crippen molar-refractivity contribution < 1.29 is 4.79 Å². The van der Waals surface area contributed by atoms with Gasteiger partial charge < -0.3 is 5.32 Å². The molecule has 0 saturated carbocycles. The van der Waals surface area contributed by atoms with Gasteiger partial charge in [-0.05, 0) is 49.4 Å². The van der Waals surface area contributed by atoms with Crippen molar-refractivity contribution >= 4 is 11.6 Å². The van der Waals surface area contributed by atoms with Crippen LogP contribution in [0, 0.1) is 0 Å². The number of carbonyl (C=O) groups excluding carboxylic acids is 1. The maximum absolute atomic E-state index is 12.8. The molecule has 0 unspecified atom stereocenters. The van der Waals surface area contributed by atoms with Crippen LogP contribution in [0.15, 0.2) is 71.5 Å². The molecule has 0 atom stereocenters. The van der Waals surface area contributed by atoms with Crippen LogP contribution < -0.4 is 10.9 Å². The van der Waals surface area contributed by atoms with Crippen LogP contribution in [-0.2, 0) is 19.4 Å². The van der Waals surface area contributed by atoms with Gasteiger partial charge in [0.05, 0.1) is 12.2 Å². The molecule has 0 spiro atoms. The number of rotatable bonds is 5. The molecule has 32 heavy (non-hydrogen) atoms. The Bertz CT molecular complexity index is 1320. The Morgan fingerprint density at radius 2 is 1.84 bits per heavy atom. The first-order valence-corrected chi connectivity index (χ1v) is 10.8. The van der Waals surface area contributed by atoms with Crippen LogP contribution in [0.25, 0.3) is 11.3 Å². The minimum absolute atomic E-state index is 0.183. The van der Waals surface area contributed by atoms with E-state index in [1.54, 1.807) is 0 Å². The van der Waals surface area contributed by atoms with E-state index in [0.29, 0.717) is 12.2 Å². The van der Waals surface area contributed by atoms with Crippen LogP contribution in [0.4, 0.5) is 5.69 Å². The third kappa shape index (κ3) is 4.09. The van der Waals surface area contributed by atoms with E-state index < -0.39 is 0 Å². The summed E-state index contributed by atoms with van der Waals surface area (Å²) < 4.78 is 1.30. The number of nitrogens with zero attached hydrogens (tertiary/aromatic N) is 3. The zero-order chi connectivity index (χ0) is 21.9. The molecule has 1 aliphatic rings. The molecule has 4 aromatic rings. The van der Waals surface area contributed by atoms with Crippen LogP contribution >= 0.6 is 0 Å². The van der Waals surface area contributed by atoms with Crippen LogP contribution in [0.2, 0.25) is 0 Å². The maximum Gasteiger partial charge on any atom is 0.276 e. The summed E-state index contributed by atoms with van der Waals surface area (Å²) in [6.07, 6.45) is 4.40. The zero-order valence-corrected chi connectivity index (χ0v) is 17.5. The van der Waals surface area contributed by atoms with E-state index in [1.165, 1.54) is 40.9 Å². The largest absolute Gasteiger partial charge is 0.321 e. The lowest BCUT2D eigenvalue weighted by atomic mass is 9.93. The Kier molecular flexibility index (Phi) is 5.37. The third-order valence-electron chi connectivity index (χ3n) is 5.72. The highest BCUT2D eigenvalue weighted by molar-refractivity contribution is 6.03. The van der Waals surface area contributed by atoms with Crippen molar-refractivity contribution in [2.45, 2.75) is 32.2 Å². The average molecular weight is 425 g/mol. The molecule has 0 bridgehead atoms. The number of nitrogens with one attached hydrogen (secondary N) is 2. The molecule has 0 fully saturated rings. The molecular weight excluding hydrogens is 402 g/mol. The standard InChI is InChI=1S/C25H23N5O2/c31-23-14-13-22(29-30(23)16-17-7-2-1-3-8-17)25(32)26-19-10-6-9-18(15-19)24-20-11-4-5-12-21(20)27-28-24/h1-3,6-10,13-15H,4-5,11-12,16H2,(H,26,32)(H,27,28). The van der Waals surface area contributed by atoms with Gasteiger partial charge in [0.2, 0.25) is 0 Å². The van der Waals surface area contributed by atoms with Crippen LogP contribution in [-0.4, -0.2) is 25.9 Å². The van der Waals surface area contributed by atoms with Crippen molar-refractivity contribution in [2.75, 3.05) is 5.32 Å². The molecule has 160 valence electrons. The summed E-state index contributed by atoms with van der Waals surface area (Å²) in [6, 6.07) is 20.0. The van der Waals surface area contributed by atoms with E-state index in [2.05, 4.69) is 20.6 Å². The van der Waals surface area contributed by atoms with E-state index >= 15 is 0 Å². The Morgan fingerprint density at radius 3 is 2.72 bits per heavy atom. The Labute approximate surface area is 185 Å². The van der Waals surface area contributed by atoms with Crippen LogP contribution in [0.3, 0.4) is 0 Å². The minimum Gasteiger partial charge on any atom is -0.321 e. The van der Waals surface area contributed by atoms with Crippen molar-refractivity contribution in [3.05, 3.63) is 99.6 Å². The summed E-state index contributed by atoms with van der Waals surface area (Å²) in [7, 11) is 0. The molecule has 1 amide bonds. The van der Waals surface area contributed by atoms with Gasteiger partial charge in [0.25, 0.3) is 11.5 Å². The number of aromatic nitrogens is 4. The van der Waals surface area contributed by atoms with E-state index in [4.69, 9.17) is 0 Å². The molecule has 2 aromatic carbocycles. The third-order valence-corrected chi connectivity index (χ3v) is 5.72. The van der Waals surface area contributed by atoms with Crippen molar-refractivity contribution in [3.8, 4) is 11.3 Å². The number of H-pyrrole nitrogens is 1. The highest BCUT2D eigenvalue weighted by atomic mass is 16.2. The SMILES string of the molecule is O=C(Nc1cccc(-c2n[nH]c3c2CCCC3)c1)c1ccc(=O)n(Cc2ccccc2)n1. The summed E-state index contributed by atoms with van der Waals surface area (Å²) in [5, 5.41) is 14.8. The molecule has 2 N–H and O–H groups in total. The number of amides is 1. The number of hydrogen-bond acceptors (Lipinski definition) is 4. The molecule has 2 heterocycles. The van der Waals surface area contributed by atoms with Crippen molar-refractivity contribution in [2.24, 2.45) is 0 Å². The van der Waals surface area contributed by atoms with E-state index in [-0.39, 0.29) is 17.2 Å². The molecule has 5 rings (SSSR count). The average Bonchev–Trinajstić information content (AvgIpc) is 3.26. The van der Waals surface area contributed by atoms with Gasteiger partial charge in [-0.1, -0.05) is 42.5 Å². The van der Waals surface area contributed by atoms with Crippen molar-refractivity contribution in [1.29, 1.82) is 0 Å².